The van der Waals surface area contributed by atoms with Crippen molar-refractivity contribution < 1.29 is 15.0 Å². The van der Waals surface area contributed by atoms with Crippen LogP contribution in [0.15, 0.2) is 42.5 Å². The Labute approximate surface area is 137 Å². The summed E-state index contributed by atoms with van der Waals surface area (Å²) in [6, 6.07) is 13.7. The van der Waals surface area contributed by atoms with Gasteiger partial charge in [-0.05, 0) is 40.2 Å². The van der Waals surface area contributed by atoms with Crippen LogP contribution in [-0.4, -0.2) is 16.2 Å². The molecule has 0 saturated carbocycles. The number of hydrogen-bond donors (Lipinski definition) is 2. The predicted octanol–water partition coefficient (Wildman–Crippen LogP) is 4.30. The van der Waals surface area contributed by atoms with Gasteiger partial charge in [0.25, 0.3) is 0 Å². The summed E-state index contributed by atoms with van der Waals surface area (Å²) in [7, 11) is 0. The number of aryl methyl sites for hydroxylation is 1. The van der Waals surface area contributed by atoms with E-state index in [4.69, 9.17) is 5.11 Å². The molecule has 0 aliphatic rings. The van der Waals surface area contributed by atoms with Crippen LogP contribution in [0.4, 0.5) is 0 Å². The molecule has 0 fully saturated rings. The molecule has 0 spiro atoms. The number of carbonyl (C=O) groups is 1. The van der Waals surface area contributed by atoms with Gasteiger partial charge in [-0.25, -0.2) is 0 Å². The van der Waals surface area contributed by atoms with Crippen molar-refractivity contribution in [2.75, 3.05) is 0 Å². The Kier molecular flexibility index (Phi) is 5.09. The smallest absolute Gasteiger partial charge is 0.303 e. The van der Waals surface area contributed by atoms with Crippen LogP contribution in [0.3, 0.4) is 0 Å². The number of rotatable bonds is 5. The monoisotopic (exact) mass is 312 g/mol. The van der Waals surface area contributed by atoms with Gasteiger partial charge in [0.2, 0.25) is 0 Å². The molecular weight excluding hydrogens is 288 g/mol. The largest absolute Gasteiger partial charge is 0.508 e. The predicted molar refractivity (Wildman–Crippen MR) is 92.0 cm³/mol. The van der Waals surface area contributed by atoms with Crippen LogP contribution < -0.4 is 0 Å². The standard InChI is InChI=1S/C20H24O3/c1-20(2,3)17-9-10-18(21)16(13-17)12-15-6-4-14(5-7-15)8-11-19(22)23/h4-7,9-10,13,21H,8,11-12H2,1-3H3,(H,22,23). The van der Waals surface area contributed by atoms with Crippen LogP contribution in [0.2, 0.25) is 0 Å². The summed E-state index contributed by atoms with van der Waals surface area (Å²) in [5.74, 6) is -0.467. The van der Waals surface area contributed by atoms with Crippen LogP contribution >= 0.6 is 0 Å². The maximum Gasteiger partial charge on any atom is 0.303 e. The van der Waals surface area contributed by atoms with E-state index in [-0.39, 0.29) is 11.8 Å². The molecule has 2 N–H and O–H groups in total. The first-order chi connectivity index (χ1) is 10.8. The molecule has 0 heterocycles. The van der Waals surface area contributed by atoms with E-state index in [0.29, 0.717) is 18.6 Å². The first-order valence-corrected chi connectivity index (χ1v) is 7.87. The minimum atomic E-state index is -0.780. The van der Waals surface area contributed by atoms with E-state index in [1.807, 2.05) is 30.3 Å². The zero-order chi connectivity index (χ0) is 17.0. The topological polar surface area (TPSA) is 57.5 Å². The van der Waals surface area contributed by atoms with Gasteiger partial charge in [-0.1, -0.05) is 57.2 Å². The van der Waals surface area contributed by atoms with Crippen LogP contribution in [-0.2, 0) is 23.1 Å². The van der Waals surface area contributed by atoms with Crippen LogP contribution in [0.1, 0.15) is 49.4 Å². The van der Waals surface area contributed by atoms with Crippen LogP contribution in [0.5, 0.6) is 5.75 Å². The maximum atomic E-state index is 10.6. The molecule has 2 aromatic carbocycles. The zero-order valence-electron chi connectivity index (χ0n) is 14.0. The molecule has 2 aromatic rings. The summed E-state index contributed by atoms with van der Waals surface area (Å²) >= 11 is 0. The third kappa shape index (κ3) is 4.85. The Morgan fingerprint density at radius 2 is 1.61 bits per heavy atom. The van der Waals surface area contributed by atoms with Gasteiger partial charge in [0.05, 0.1) is 0 Å². The quantitative estimate of drug-likeness (QED) is 0.865. The molecule has 0 bridgehead atoms. The molecule has 23 heavy (non-hydrogen) atoms. The molecule has 0 aliphatic carbocycles. The summed E-state index contributed by atoms with van der Waals surface area (Å²) in [6.07, 6.45) is 1.35. The number of phenols is 1. The van der Waals surface area contributed by atoms with E-state index in [2.05, 4.69) is 26.8 Å². The molecule has 3 nitrogen and oxygen atoms in total. The van der Waals surface area contributed by atoms with E-state index in [9.17, 15) is 9.90 Å². The highest BCUT2D eigenvalue weighted by Crippen LogP contribution is 2.28. The van der Waals surface area contributed by atoms with Gasteiger partial charge in [-0.3, -0.25) is 4.79 Å². The molecule has 0 atom stereocenters. The van der Waals surface area contributed by atoms with E-state index >= 15 is 0 Å². The fourth-order valence-electron chi connectivity index (χ4n) is 2.49. The first kappa shape index (κ1) is 17.1. The van der Waals surface area contributed by atoms with Crippen molar-refractivity contribution >= 4 is 5.97 Å². The van der Waals surface area contributed by atoms with Gasteiger partial charge in [-0.2, -0.15) is 0 Å². The summed E-state index contributed by atoms with van der Waals surface area (Å²) in [5, 5.41) is 18.8. The van der Waals surface area contributed by atoms with Crippen molar-refractivity contribution in [3.63, 3.8) is 0 Å². The van der Waals surface area contributed by atoms with Crippen molar-refractivity contribution in [3.05, 3.63) is 64.7 Å². The Balaban J connectivity index is 2.14. The summed E-state index contributed by atoms with van der Waals surface area (Å²) in [5.41, 5.74) is 4.27. The molecule has 0 aromatic heterocycles. The number of hydrogen-bond acceptors (Lipinski definition) is 2. The molecule has 0 amide bonds. The highest BCUT2D eigenvalue weighted by Gasteiger charge is 2.15. The van der Waals surface area contributed by atoms with Crippen LogP contribution in [0, 0.1) is 0 Å². The average Bonchev–Trinajstić information content (AvgIpc) is 2.47. The second-order valence-corrected chi connectivity index (χ2v) is 6.98. The van der Waals surface area contributed by atoms with Gasteiger partial charge in [0, 0.05) is 12.8 Å². The Morgan fingerprint density at radius 1 is 1.00 bits per heavy atom. The van der Waals surface area contributed by atoms with Gasteiger partial charge in [0.1, 0.15) is 5.75 Å². The molecule has 122 valence electrons. The number of phenolic OH excluding ortho intramolecular Hbond substituents is 1. The molecule has 2 rings (SSSR count). The lowest BCUT2D eigenvalue weighted by atomic mass is 9.85. The number of benzene rings is 2. The maximum absolute atomic E-state index is 10.6. The summed E-state index contributed by atoms with van der Waals surface area (Å²) < 4.78 is 0. The number of carboxylic acid groups (broad SMARTS) is 1. The Morgan fingerprint density at radius 3 is 2.17 bits per heavy atom. The molecule has 0 radical (unpaired) electrons. The van der Waals surface area contributed by atoms with Crippen molar-refractivity contribution in [1.29, 1.82) is 0 Å². The Bertz CT molecular complexity index is 679. The normalized spacial score (nSPS) is 11.4. The lowest BCUT2D eigenvalue weighted by Gasteiger charge is -2.20. The molecule has 0 aliphatic heterocycles. The number of aliphatic carboxylic acids is 1. The van der Waals surface area contributed by atoms with Gasteiger partial charge in [0.15, 0.2) is 0 Å². The lowest BCUT2D eigenvalue weighted by Crippen LogP contribution is -2.11. The fourth-order valence-corrected chi connectivity index (χ4v) is 2.49. The molecule has 3 heteroatoms. The minimum Gasteiger partial charge on any atom is -0.508 e. The second kappa shape index (κ2) is 6.86. The average molecular weight is 312 g/mol. The highest BCUT2D eigenvalue weighted by molar-refractivity contribution is 5.67. The fraction of sp³-hybridized carbons (Fsp3) is 0.350. The van der Waals surface area contributed by atoms with Crippen molar-refractivity contribution in [2.45, 2.75) is 45.4 Å². The summed E-state index contributed by atoms with van der Waals surface area (Å²) in [6.45, 7) is 6.46. The van der Waals surface area contributed by atoms with Gasteiger partial charge < -0.3 is 10.2 Å². The van der Waals surface area contributed by atoms with E-state index in [1.165, 1.54) is 5.56 Å². The van der Waals surface area contributed by atoms with Crippen molar-refractivity contribution in [1.82, 2.24) is 0 Å². The third-order valence-corrected chi connectivity index (χ3v) is 3.99. The lowest BCUT2D eigenvalue weighted by molar-refractivity contribution is -0.136. The van der Waals surface area contributed by atoms with E-state index < -0.39 is 5.97 Å². The SMILES string of the molecule is CC(C)(C)c1ccc(O)c(Cc2ccc(CCC(=O)O)cc2)c1. The molecule has 0 unspecified atom stereocenters. The summed E-state index contributed by atoms with van der Waals surface area (Å²) in [4.78, 5) is 10.6. The second-order valence-electron chi connectivity index (χ2n) is 6.98. The Hall–Kier alpha value is -2.29. The van der Waals surface area contributed by atoms with E-state index in [0.717, 1.165) is 16.7 Å². The first-order valence-electron chi connectivity index (χ1n) is 7.87. The zero-order valence-corrected chi connectivity index (χ0v) is 14.0. The number of aromatic hydroxyl groups is 1. The van der Waals surface area contributed by atoms with Crippen molar-refractivity contribution in [2.24, 2.45) is 0 Å². The minimum absolute atomic E-state index is 0.0448. The third-order valence-electron chi connectivity index (χ3n) is 3.99. The molecule has 0 saturated heterocycles. The number of carboxylic acids is 1. The highest BCUT2D eigenvalue weighted by atomic mass is 16.4. The van der Waals surface area contributed by atoms with Crippen LogP contribution in [0.25, 0.3) is 0 Å². The molecular formula is C20H24O3. The van der Waals surface area contributed by atoms with Crippen molar-refractivity contribution in [3.8, 4) is 5.75 Å². The van der Waals surface area contributed by atoms with E-state index in [1.54, 1.807) is 6.07 Å². The van der Waals surface area contributed by atoms with Gasteiger partial charge >= 0.3 is 5.97 Å². The van der Waals surface area contributed by atoms with Gasteiger partial charge in [-0.15, -0.1) is 0 Å².